The number of aromatic amines is 1. The number of H-pyrrole nitrogens is 1. The minimum Gasteiger partial charge on any atom is -0.368 e. The highest BCUT2D eigenvalue weighted by Gasteiger charge is 2.29. The highest BCUT2D eigenvalue weighted by atomic mass is 32.1. The number of carbonyl (C=O) groups excluding carboxylic acids is 1. The molecule has 178 valence electrons. The van der Waals surface area contributed by atoms with Gasteiger partial charge in [0, 0.05) is 34.3 Å². The molecule has 1 atom stereocenters. The summed E-state index contributed by atoms with van der Waals surface area (Å²) in [7, 11) is 0. The van der Waals surface area contributed by atoms with Crippen LogP contribution in [0.4, 0.5) is 0 Å². The fraction of sp³-hybridized carbons (Fsp3) is 0.185. The van der Waals surface area contributed by atoms with Gasteiger partial charge in [0.2, 0.25) is 5.91 Å². The average molecular weight is 494 g/mol. The Morgan fingerprint density at radius 1 is 1.14 bits per heavy atom. The van der Waals surface area contributed by atoms with Crippen molar-refractivity contribution in [2.75, 3.05) is 6.54 Å². The summed E-state index contributed by atoms with van der Waals surface area (Å²) in [4.78, 5) is 20.9. The molecule has 1 aliphatic heterocycles. The second-order valence-electron chi connectivity index (χ2n) is 8.93. The molecule has 4 aromatic heterocycles. The fourth-order valence-electron chi connectivity index (χ4n) is 4.90. The first-order valence-electron chi connectivity index (χ1n) is 11.7. The third-order valence-electron chi connectivity index (χ3n) is 6.72. The number of hydrogen-bond acceptors (Lipinski definition) is 6. The van der Waals surface area contributed by atoms with Gasteiger partial charge >= 0.3 is 0 Å². The van der Waals surface area contributed by atoms with Crippen LogP contribution in [-0.2, 0) is 11.3 Å². The molecule has 36 heavy (non-hydrogen) atoms. The maximum absolute atomic E-state index is 11.8. The number of nitrogens with two attached hydrogens (primary N) is 1. The lowest BCUT2D eigenvalue weighted by Crippen LogP contribution is -2.39. The molecule has 3 N–H and O–H groups in total. The number of benzene rings is 1. The largest absolute Gasteiger partial charge is 0.368 e. The van der Waals surface area contributed by atoms with Crippen LogP contribution in [0.3, 0.4) is 0 Å². The number of nitrogens with zero attached hydrogens (tertiary/aromatic N) is 5. The number of imidazole rings is 1. The van der Waals surface area contributed by atoms with Crippen molar-refractivity contribution >= 4 is 22.9 Å². The van der Waals surface area contributed by atoms with Crippen LogP contribution in [0.2, 0.25) is 0 Å². The van der Waals surface area contributed by atoms with Crippen LogP contribution in [0.1, 0.15) is 23.3 Å². The summed E-state index contributed by atoms with van der Waals surface area (Å²) in [6.07, 6.45) is 7.63. The van der Waals surface area contributed by atoms with Gasteiger partial charge in [-0.15, -0.1) is 11.3 Å². The summed E-state index contributed by atoms with van der Waals surface area (Å²) in [5.74, 6) is -0.238. The minimum atomic E-state index is -0.238. The molecule has 1 aromatic carbocycles. The van der Waals surface area contributed by atoms with Crippen LogP contribution in [0.15, 0.2) is 67.1 Å². The van der Waals surface area contributed by atoms with Gasteiger partial charge in [-0.3, -0.25) is 19.2 Å². The maximum Gasteiger partial charge on any atom is 0.234 e. The Balaban J connectivity index is 1.32. The summed E-state index contributed by atoms with van der Waals surface area (Å²) in [6, 6.07) is 17.7. The van der Waals surface area contributed by atoms with E-state index in [9.17, 15) is 4.79 Å². The lowest BCUT2D eigenvalue weighted by Gasteiger charge is -2.20. The van der Waals surface area contributed by atoms with Gasteiger partial charge < -0.3 is 5.73 Å². The Hall–Kier alpha value is -4.26. The third-order valence-corrected chi connectivity index (χ3v) is 7.82. The number of hydrogen-bond donors (Lipinski definition) is 2. The summed E-state index contributed by atoms with van der Waals surface area (Å²) in [5.41, 5.74) is 11.9. The molecule has 0 saturated carbocycles. The molecule has 1 amide bonds. The first kappa shape index (κ1) is 22.2. The van der Waals surface area contributed by atoms with Crippen LogP contribution in [0.25, 0.3) is 38.6 Å². The van der Waals surface area contributed by atoms with E-state index in [1.807, 2.05) is 36.7 Å². The van der Waals surface area contributed by atoms with Crippen molar-refractivity contribution in [3.8, 4) is 39.0 Å². The Morgan fingerprint density at radius 2 is 1.97 bits per heavy atom. The van der Waals surface area contributed by atoms with Gasteiger partial charge in [-0.1, -0.05) is 12.1 Å². The van der Waals surface area contributed by atoms with E-state index in [4.69, 9.17) is 11.0 Å². The van der Waals surface area contributed by atoms with E-state index in [0.717, 1.165) is 64.5 Å². The van der Waals surface area contributed by atoms with Crippen molar-refractivity contribution < 1.29 is 4.79 Å². The zero-order valence-corrected chi connectivity index (χ0v) is 20.2. The minimum absolute atomic E-state index is 0.172. The molecule has 0 radical (unpaired) electrons. The van der Waals surface area contributed by atoms with Gasteiger partial charge in [0.25, 0.3) is 0 Å². The average Bonchev–Trinajstić information content (AvgIpc) is 3.70. The van der Waals surface area contributed by atoms with E-state index in [0.29, 0.717) is 5.56 Å². The number of thiophene rings is 1. The number of likely N-dealkylation sites (tertiary alicyclic amines) is 1. The number of amides is 1. The molecule has 0 unspecified atom stereocenters. The van der Waals surface area contributed by atoms with Gasteiger partial charge in [-0.2, -0.15) is 10.4 Å². The van der Waals surface area contributed by atoms with Crippen molar-refractivity contribution in [1.82, 2.24) is 24.5 Å². The highest BCUT2D eigenvalue weighted by molar-refractivity contribution is 7.15. The fourth-order valence-corrected chi connectivity index (χ4v) is 5.94. The van der Waals surface area contributed by atoms with E-state index in [-0.39, 0.29) is 11.9 Å². The van der Waals surface area contributed by atoms with Gasteiger partial charge in [0.15, 0.2) is 0 Å². The molecule has 9 heteroatoms. The van der Waals surface area contributed by atoms with Crippen molar-refractivity contribution in [1.29, 1.82) is 5.26 Å². The number of carbonyl (C=O) groups is 1. The van der Waals surface area contributed by atoms with Crippen LogP contribution < -0.4 is 5.73 Å². The third kappa shape index (κ3) is 3.96. The standard InChI is InChI=1S/C27H23N7OS/c28-12-17-3-5-18(6-4-17)26-21(13-31-32-26)19-7-10-25-30-14-23(34(25)15-19)24-9-8-20(36-24)16-33-11-1-2-22(33)27(29)35/h3-10,13-15,22H,1-2,11,16H2,(H2,29,35)(H,31,32)/t22-/m0/s1. The smallest absolute Gasteiger partial charge is 0.234 e. The van der Waals surface area contributed by atoms with E-state index < -0.39 is 0 Å². The van der Waals surface area contributed by atoms with Crippen LogP contribution >= 0.6 is 11.3 Å². The van der Waals surface area contributed by atoms with Crippen LogP contribution in [-0.4, -0.2) is 43.0 Å². The molecule has 6 rings (SSSR count). The number of pyridine rings is 1. The Morgan fingerprint density at radius 3 is 2.78 bits per heavy atom. The summed E-state index contributed by atoms with van der Waals surface area (Å²) >= 11 is 1.71. The Bertz CT molecular complexity index is 1610. The number of rotatable bonds is 6. The molecule has 8 nitrogen and oxygen atoms in total. The van der Waals surface area contributed by atoms with Crippen molar-refractivity contribution in [2.24, 2.45) is 5.73 Å². The van der Waals surface area contributed by atoms with Crippen LogP contribution in [0, 0.1) is 11.3 Å². The van der Waals surface area contributed by atoms with Gasteiger partial charge in [0.1, 0.15) is 5.65 Å². The molecule has 0 spiro atoms. The molecule has 0 bridgehead atoms. The van der Waals surface area contributed by atoms with Crippen LogP contribution in [0.5, 0.6) is 0 Å². The predicted molar refractivity (Wildman–Crippen MR) is 139 cm³/mol. The molecule has 5 heterocycles. The molecular weight excluding hydrogens is 470 g/mol. The highest BCUT2D eigenvalue weighted by Crippen LogP contribution is 2.34. The van der Waals surface area contributed by atoms with Gasteiger partial charge in [0.05, 0.1) is 46.3 Å². The number of nitriles is 1. The molecule has 0 aliphatic carbocycles. The lowest BCUT2D eigenvalue weighted by atomic mass is 10.0. The Kier molecular flexibility index (Phi) is 5.60. The number of aromatic nitrogens is 4. The second kappa shape index (κ2) is 9.07. The molecule has 5 aromatic rings. The summed E-state index contributed by atoms with van der Waals surface area (Å²) < 4.78 is 2.10. The quantitative estimate of drug-likeness (QED) is 0.363. The van der Waals surface area contributed by atoms with E-state index in [2.05, 4.69) is 48.9 Å². The molecule has 1 aliphatic rings. The molecule has 1 fully saturated rings. The zero-order chi connectivity index (χ0) is 24.6. The Labute approximate surface area is 211 Å². The SMILES string of the molecule is N#Cc1ccc(-c2[nH]ncc2-c2ccc3ncc(-c4ccc(CN5CCC[C@H]5C(N)=O)s4)n3c2)cc1. The normalized spacial score (nSPS) is 15.9. The van der Waals surface area contributed by atoms with Crippen molar-refractivity contribution in [3.63, 3.8) is 0 Å². The van der Waals surface area contributed by atoms with Gasteiger partial charge in [-0.05, 0) is 55.8 Å². The van der Waals surface area contributed by atoms with E-state index in [1.54, 1.807) is 23.5 Å². The summed E-state index contributed by atoms with van der Waals surface area (Å²) in [6.45, 7) is 1.62. The van der Waals surface area contributed by atoms with Crippen molar-refractivity contribution in [2.45, 2.75) is 25.4 Å². The first-order valence-corrected chi connectivity index (χ1v) is 12.6. The summed E-state index contributed by atoms with van der Waals surface area (Å²) in [5, 5.41) is 16.5. The molecule has 1 saturated heterocycles. The second-order valence-corrected chi connectivity index (χ2v) is 10.1. The lowest BCUT2D eigenvalue weighted by molar-refractivity contribution is -0.122. The monoisotopic (exact) mass is 493 g/mol. The van der Waals surface area contributed by atoms with E-state index >= 15 is 0 Å². The number of fused-ring (bicyclic) bond motifs is 1. The topological polar surface area (TPSA) is 116 Å². The van der Waals surface area contributed by atoms with Crippen molar-refractivity contribution in [3.05, 3.63) is 77.6 Å². The first-order chi connectivity index (χ1) is 17.6. The predicted octanol–water partition coefficient (Wildman–Crippen LogP) is 4.44. The van der Waals surface area contributed by atoms with E-state index in [1.165, 1.54) is 4.88 Å². The molecular formula is C27H23N7OS. The zero-order valence-electron chi connectivity index (χ0n) is 19.4. The number of primary amides is 1. The van der Waals surface area contributed by atoms with Gasteiger partial charge in [-0.25, -0.2) is 4.98 Å². The number of nitrogens with one attached hydrogen (secondary N) is 1. The maximum atomic E-state index is 11.8.